The fourth-order valence-corrected chi connectivity index (χ4v) is 2.00. The molecule has 2 heterocycles. The molecule has 25 heavy (non-hydrogen) atoms. The zero-order valence-corrected chi connectivity index (χ0v) is 12.4. The normalized spacial score (nSPS) is 11.5. The third-order valence-electron chi connectivity index (χ3n) is 3.11. The van der Waals surface area contributed by atoms with Gasteiger partial charge in [0.1, 0.15) is 17.8 Å². The van der Waals surface area contributed by atoms with Crippen molar-refractivity contribution in [1.82, 2.24) is 25.0 Å². The number of hydrogen-bond donors (Lipinski definition) is 2. The van der Waals surface area contributed by atoms with Crippen LogP contribution in [0.2, 0.25) is 0 Å². The van der Waals surface area contributed by atoms with Crippen LogP contribution in [0.3, 0.4) is 0 Å². The number of nitrogens with zero attached hydrogens (tertiary/aromatic N) is 4. The Morgan fingerprint density at radius 2 is 2.08 bits per heavy atom. The fourth-order valence-electron chi connectivity index (χ4n) is 2.00. The maximum Gasteiger partial charge on any atom is 0.432 e. The van der Waals surface area contributed by atoms with E-state index < -0.39 is 29.3 Å². The SMILES string of the molecule is O=C(Nc1ncn(Cc2cccc(F)c2)n1)c1cc(C(F)(F)F)[nH]n1. The number of hydrogen-bond acceptors (Lipinski definition) is 4. The standard InChI is InChI=1S/C14H10F4N6O/c15-9-3-1-2-8(4-9)6-24-7-19-13(23-24)20-12(25)10-5-11(22-21-10)14(16,17)18/h1-5,7H,6H2,(H,21,22)(H,20,23,25). The summed E-state index contributed by atoms with van der Waals surface area (Å²) < 4.78 is 51.9. The summed E-state index contributed by atoms with van der Waals surface area (Å²) in [7, 11) is 0. The predicted octanol–water partition coefficient (Wildman–Crippen LogP) is 2.46. The molecule has 0 saturated carbocycles. The van der Waals surface area contributed by atoms with E-state index in [0.717, 1.165) is 0 Å². The quantitative estimate of drug-likeness (QED) is 0.705. The molecule has 3 rings (SSSR count). The third kappa shape index (κ3) is 4.00. The smallest absolute Gasteiger partial charge is 0.288 e. The molecule has 7 nitrogen and oxygen atoms in total. The first-order valence-corrected chi connectivity index (χ1v) is 6.89. The molecule has 2 aromatic heterocycles. The monoisotopic (exact) mass is 354 g/mol. The molecule has 2 N–H and O–H groups in total. The lowest BCUT2D eigenvalue weighted by atomic mass is 10.2. The van der Waals surface area contributed by atoms with Crippen LogP contribution in [-0.4, -0.2) is 30.9 Å². The molecule has 3 aromatic rings. The summed E-state index contributed by atoms with van der Waals surface area (Å²) in [5, 5.41) is 11.2. The van der Waals surface area contributed by atoms with E-state index in [1.165, 1.54) is 23.1 Å². The molecule has 0 aliphatic rings. The molecule has 0 fully saturated rings. The van der Waals surface area contributed by atoms with Gasteiger partial charge in [0.05, 0.1) is 6.54 Å². The number of anilines is 1. The Kier molecular flexibility index (Phi) is 4.21. The van der Waals surface area contributed by atoms with Crippen molar-refractivity contribution in [2.75, 3.05) is 5.32 Å². The minimum absolute atomic E-state index is 0.113. The number of carbonyl (C=O) groups excluding carboxylic acids is 1. The zero-order valence-electron chi connectivity index (χ0n) is 12.4. The Bertz CT molecular complexity index is 901. The van der Waals surface area contributed by atoms with E-state index in [9.17, 15) is 22.4 Å². The van der Waals surface area contributed by atoms with Crippen LogP contribution in [0.4, 0.5) is 23.5 Å². The van der Waals surface area contributed by atoms with E-state index in [0.29, 0.717) is 11.6 Å². The average Bonchev–Trinajstić information content (AvgIpc) is 3.16. The van der Waals surface area contributed by atoms with E-state index in [2.05, 4.69) is 20.5 Å². The molecule has 0 spiro atoms. The molecule has 1 amide bonds. The van der Waals surface area contributed by atoms with Crippen LogP contribution in [0.5, 0.6) is 0 Å². The summed E-state index contributed by atoms with van der Waals surface area (Å²) in [5.41, 5.74) is -0.957. The van der Waals surface area contributed by atoms with Gasteiger partial charge in [-0.1, -0.05) is 12.1 Å². The van der Waals surface area contributed by atoms with Gasteiger partial charge in [-0.15, -0.1) is 5.10 Å². The third-order valence-corrected chi connectivity index (χ3v) is 3.11. The maximum atomic E-state index is 13.1. The predicted molar refractivity (Wildman–Crippen MR) is 77.1 cm³/mol. The largest absolute Gasteiger partial charge is 0.432 e. The summed E-state index contributed by atoms with van der Waals surface area (Å²) in [5.74, 6) is -1.40. The molecule has 11 heteroatoms. The second-order valence-electron chi connectivity index (χ2n) is 5.01. The van der Waals surface area contributed by atoms with Crippen LogP contribution >= 0.6 is 0 Å². The number of alkyl halides is 3. The molecular formula is C14H10F4N6O. The number of amides is 1. The molecule has 130 valence electrons. The summed E-state index contributed by atoms with van der Waals surface area (Å²) in [4.78, 5) is 15.7. The van der Waals surface area contributed by atoms with Crippen molar-refractivity contribution < 1.29 is 22.4 Å². The number of aromatic nitrogens is 5. The van der Waals surface area contributed by atoms with E-state index in [1.807, 2.05) is 0 Å². The van der Waals surface area contributed by atoms with Crippen molar-refractivity contribution in [2.45, 2.75) is 12.7 Å². The van der Waals surface area contributed by atoms with Gasteiger partial charge >= 0.3 is 6.18 Å². The van der Waals surface area contributed by atoms with Gasteiger partial charge in [-0.2, -0.15) is 18.3 Å². The van der Waals surface area contributed by atoms with E-state index in [-0.39, 0.29) is 12.5 Å². The highest BCUT2D eigenvalue weighted by Crippen LogP contribution is 2.27. The number of rotatable bonds is 4. The molecule has 0 atom stereocenters. The topological polar surface area (TPSA) is 88.5 Å². The molecule has 1 aromatic carbocycles. The van der Waals surface area contributed by atoms with Gasteiger partial charge in [0.2, 0.25) is 5.95 Å². The van der Waals surface area contributed by atoms with Gasteiger partial charge in [-0.05, 0) is 17.7 Å². The highest BCUT2D eigenvalue weighted by molar-refractivity contribution is 6.01. The van der Waals surface area contributed by atoms with Gasteiger partial charge in [0.15, 0.2) is 5.69 Å². The lowest BCUT2D eigenvalue weighted by molar-refractivity contribution is -0.141. The molecule has 0 unspecified atom stereocenters. The number of halogens is 4. The summed E-state index contributed by atoms with van der Waals surface area (Å²) in [6.45, 7) is 0.210. The molecular weight excluding hydrogens is 344 g/mol. The van der Waals surface area contributed by atoms with Crippen molar-refractivity contribution in [3.63, 3.8) is 0 Å². The lowest BCUT2D eigenvalue weighted by Crippen LogP contribution is -2.14. The summed E-state index contributed by atoms with van der Waals surface area (Å²) >= 11 is 0. The number of nitrogens with one attached hydrogen (secondary N) is 2. The van der Waals surface area contributed by atoms with Crippen LogP contribution in [0, 0.1) is 5.82 Å². The van der Waals surface area contributed by atoms with Crippen molar-refractivity contribution in [2.24, 2.45) is 0 Å². The van der Waals surface area contributed by atoms with Gasteiger partial charge in [0, 0.05) is 6.07 Å². The summed E-state index contributed by atoms with van der Waals surface area (Å²) in [6, 6.07) is 6.43. The number of aromatic amines is 1. The van der Waals surface area contributed by atoms with Crippen molar-refractivity contribution in [3.8, 4) is 0 Å². The van der Waals surface area contributed by atoms with Crippen LogP contribution in [0.1, 0.15) is 21.7 Å². The Morgan fingerprint density at radius 3 is 2.76 bits per heavy atom. The molecule has 0 radical (unpaired) electrons. The molecule has 0 aliphatic carbocycles. The van der Waals surface area contributed by atoms with Gasteiger partial charge in [0.25, 0.3) is 5.91 Å². The summed E-state index contributed by atoms with van der Waals surface area (Å²) in [6.07, 6.45) is -3.33. The van der Waals surface area contributed by atoms with Crippen molar-refractivity contribution in [3.05, 3.63) is 59.4 Å². The highest BCUT2D eigenvalue weighted by Gasteiger charge is 2.33. The van der Waals surface area contributed by atoms with Crippen LogP contribution < -0.4 is 5.32 Å². The number of carbonyl (C=O) groups is 1. The number of benzene rings is 1. The first-order chi connectivity index (χ1) is 11.8. The zero-order chi connectivity index (χ0) is 18.0. The van der Waals surface area contributed by atoms with Gasteiger partial charge < -0.3 is 0 Å². The number of H-pyrrole nitrogens is 1. The van der Waals surface area contributed by atoms with E-state index in [1.54, 1.807) is 17.2 Å². The Labute approximate surface area is 137 Å². The second kappa shape index (κ2) is 6.34. The minimum atomic E-state index is -4.63. The molecule has 0 bridgehead atoms. The molecule has 0 aliphatic heterocycles. The minimum Gasteiger partial charge on any atom is -0.288 e. The highest BCUT2D eigenvalue weighted by atomic mass is 19.4. The Morgan fingerprint density at radius 1 is 1.28 bits per heavy atom. The van der Waals surface area contributed by atoms with Gasteiger partial charge in [-0.25, -0.2) is 14.1 Å². The van der Waals surface area contributed by atoms with Gasteiger partial charge in [-0.3, -0.25) is 15.2 Å². The second-order valence-corrected chi connectivity index (χ2v) is 5.01. The van der Waals surface area contributed by atoms with Crippen LogP contribution in [0.15, 0.2) is 36.7 Å². The van der Waals surface area contributed by atoms with E-state index in [4.69, 9.17) is 0 Å². The first kappa shape index (κ1) is 16.6. The van der Waals surface area contributed by atoms with Crippen molar-refractivity contribution >= 4 is 11.9 Å². The fraction of sp³-hybridized carbons (Fsp3) is 0.143. The molecule has 0 saturated heterocycles. The Hall–Kier alpha value is -3.24. The van der Waals surface area contributed by atoms with Crippen molar-refractivity contribution in [1.29, 1.82) is 0 Å². The van der Waals surface area contributed by atoms with E-state index >= 15 is 0 Å². The van der Waals surface area contributed by atoms with Crippen LogP contribution in [0.25, 0.3) is 0 Å². The average molecular weight is 354 g/mol. The Balaban J connectivity index is 1.66. The van der Waals surface area contributed by atoms with Crippen LogP contribution in [-0.2, 0) is 12.7 Å². The maximum absolute atomic E-state index is 13.1. The first-order valence-electron chi connectivity index (χ1n) is 6.89. The lowest BCUT2D eigenvalue weighted by Gasteiger charge is -2.01.